The number of carbonyl (C=O) groups is 3. The maximum atomic E-state index is 14.8. The Labute approximate surface area is 313 Å². The minimum atomic E-state index is -1.000. The lowest BCUT2D eigenvalue weighted by molar-refractivity contribution is -0.173. The van der Waals surface area contributed by atoms with E-state index in [2.05, 4.69) is 27.6 Å². The van der Waals surface area contributed by atoms with Crippen LogP contribution in [-0.2, 0) is 30.8 Å². The first kappa shape index (κ1) is 36.7. The van der Waals surface area contributed by atoms with Crippen LogP contribution in [0.5, 0.6) is 5.75 Å². The summed E-state index contributed by atoms with van der Waals surface area (Å²) in [4.78, 5) is 45.7. The van der Waals surface area contributed by atoms with E-state index in [-0.39, 0.29) is 36.1 Å². The Hall–Kier alpha value is -4.61. The minimum Gasteiger partial charge on any atom is -0.507 e. The number of halogens is 1. The lowest BCUT2D eigenvalue weighted by atomic mass is 9.82. The van der Waals surface area contributed by atoms with Gasteiger partial charge in [-0.05, 0) is 61.2 Å². The molecule has 3 aliphatic heterocycles. The molecule has 4 amide bonds. The van der Waals surface area contributed by atoms with Crippen LogP contribution >= 0.6 is 11.6 Å². The highest BCUT2D eigenvalue weighted by Crippen LogP contribution is 2.39. The number of nitrogens with one attached hydrogen (secondary N) is 2. The lowest BCUT2D eigenvalue weighted by Gasteiger charge is -2.44. The fourth-order valence-electron chi connectivity index (χ4n) is 7.75. The molecular formula is C39H45ClN6O7. The van der Waals surface area contributed by atoms with Crippen molar-refractivity contribution in [2.24, 2.45) is 13.0 Å². The summed E-state index contributed by atoms with van der Waals surface area (Å²) in [6.45, 7) is 2.65. The first-order chi connectivity index (χ1) is 25.7. The van der Waals surface area contributed by atoms with E-state index >= 15 is 0 Å². The molecule has 1 aromatic heterocycles. The molecule has 0 radical (unpaired) electrons. The van der Waals surface area contributed by atoms with E-state index in [0.29, 0.717) is 85.5 Å². The Balaban J connectivity index is 1.09. The van der Waals surface area contributed by atoms with E-state index in [1.54, 1.807) is 64.1 Å². The van der Waals surface area contributed by atoms with Gasteiger partial charge in [0.25, 0.3) is 0 Å². The number of carbonyl (C=O) groups excluding carboxylic acids is 3. The van der Waals surface area contributed by atoms with Crippen LogP contribution in [0.25, 0.3) is 11.3 Å². The molecule has 4 heterocycles. The molecule has 3 N–H and O–H groups in total. The number of aromatic hydroxyl groups is 1. The third-order valence-corrected chi connectivity index (χ3v) is 10.8. The Morgan fingerprint density at radius 3 is 2.43 bits per heavy atom. The van der Waals surface area contributed by atoms with E-state index in [0.717, 1.165) is 32.1 Å². The van der Waals surface area contributed by atoms with Crippen molar-refractivity contribution in [1.29, 1.82) is 0 Å². The molecule has 3 saturated heterocycles. The third-order valence-electron chi connectivity index (χ3n) is 10.6. The van der Waals surface area contributed by atoms with Crippen molar-refractivity contribution in [1.82, 2.24) is 24.9 Å². The predicted octanol–water partition coefficient (Wildman–Crippen LogP) is 4.51. The molecule has 3 aromatic rings. The van der Waals surface area contributed by atoms with Crippen LogP contribution < -0.4 is 10.6 Å². The summed E-state index contributed by atoms with van der Waals surface area (Å²) in [5.74, 6) is 5.62. The van der Waals surface area contributed by atoms with Crippen molar-refractivity contribution in [3.8, 4) is 28.8 Å². The van der Waals surface area contributed by atoms with E-state index in [4.69, 9.17) is 25.8 Å². The van der Waals surface area contributed by atoms with Gasteiger partial charge in [0.15, 0.2) is 0 Å². The zero-order valence-electron chi connectivity index (χ0n) is 29.8. The van der Waals surface area contributed by atoms with Crippen molar-refractivity contribution < 1.29 is 33.7 Å². The zero-order chi connectivity index (χ0) is 37.0. The molecule has 1 spiro atoms. The number of phenols is 1. The van der Waals surface area contributed by atoms with Crippen LogP contribution in [0.1, 0.15) is 56.1 Å². The van der Waals surface area contributed by atoms with Gasteiger partial charge in [0.2, 0.25) is 11.8 Å². The number of anilines is 1. The molecule has 1 aliphatic carbocycles. The minimum absolute atomic E-state index is 0.0333. The Morgan fingerprint density at radius 1 is 0.981 bits per heavy atom. The summed E-state index contributed by atoms with van der Waals surface area (Å²) < 4.78 is 19.1. The molecule has 7 rings (SSSR count). The number of hydrogen-bond acceptors (Lipinski definition) is 8. The number of amides is 4. The van der Waals surface area contributed by atoms with E-state index in [1.165, 1.54) is 6.07 Å². The van der Waals surface area contributed by atoms with Gasteiger partial charge in [-0.15, -0.1) is 0 Å². The number of ether oxygens (including phenoxy) is 3. The Kier molecular flexibility index (Phi) is 11.2. The molecule has 4 aliphatic rings. The van der Waals surface area contributed by atoms with Crippen LogP contribution in [0.4, 0.5) is 10.5 Å². The van der Waals surface area contributed by atoms with E-state index < -0.39 is 17.8 Å². The fraction of sp³-hybridized carbons (Fsp3) is 0.487. The van der Waals surface area contributed by atoms with E-state index in [9.17, 15) is 19.5 Å². The summed E-state index contributed by atoms with van der Waals surface area (Å²) in [5.41, 5.74) is 1.84. The Bertz CT molecular complexity index is 1870. The SMILES string of the molecule is Cn1cc(C#Cc2ccc(NC(=O)[C@@H]3COC4(CCOCC4)N3C(=O)[C@H](NC(=O)N3CCOCC3)C3CCCCC3)cc2)c(-c2cc(Cl)ccc2O)n1. The molecule has 14 heteroatoms. The van der Waals surface area contributed by atoms with Gasteiger partial charge in [-0.1, -0.05) is 42.7 Å². The molecule has 1 saturated carbocycles. The van der Waals surface area contributed by atoms with Crippen LogP contribution in [-0.4, -0.2) is 106 Å². The number of nitrogens with zero attached hydrogens (tertiary/aromatic N) is 4. The molecule has 0 bridgehead atoms. The molecule has 53 heavy (non-hydrogen) atoms. The van der Waals surface area contributed by atoms with Crippen molar-refractivity contribution in [3.05, 3.63) is 64.8 Å². The number of rotatable bonds is 6. The van der Waals surface area contributed by atoms with Gasteiger partial charge in [0.05, 0.1) is 38.6 Å². The number of aryl methyl sites for hydroxylation is 1. The number of hydrogen-bond donors (Lipinski definition) is 3. The highest BCUT2D eigenvalue weighted by Gasteiger charge is 2.55. The smallest absolute Gasteiger partial charge is 0.318 e. The average Bonchev–Trinajstić information content (AvgIpc) is 3.74. The number of phenolic OH excluding ortho intramolecular Hbond substituents is 1. The molecule has 280 valence electrons. The van der Waals surface area contributed by atoms with Crippen LogP contribution in [0, 0.1) is 17.8 Å². The first-order valence-electron chi connectivity index (χ1n) is 18.3. The fourth-order valence-corrected chi connectivity index (χ4v) is 7.93. The van der Waals surface area contributed by atoms with Crippen LogP contribution in [0.3, 0.4) is 0 Å². The van der Waals surface area contributed by atoms with Gasteiger partial charge in [-0.2, -0.15) is 5.10 Å². The van der Waals surface area contributed by atoms with E-state index in [1.807, 2.05) is 0 Å². The maximum absolute atomic E-state index is 14.8. The van der Waals surface area contributed by atoms with Gasteiger partial charge in [0.1, 0.15) is 29.3 Å². The van der Waals surface area contributed by atoms with Gasteiger partial charge in [-0.25, -0.2) is 4.79 Å². The van der Waals surface area contributed by atoms with Gasteiger partial charge >= 0.3 is 6.03 Å². The van der Waals surface area contributed by atoms with Crippen molar-refractivity contribution in [2.45, 2.75) is 62.8 Å². The summed E-state index contributed by atoms with van der Waals surface area (Å²) in [7, 11) is 1.78. The molecule has 2 aromatic carbocycles. The summed E-state index contributed by atoms with van der Waals surface area (Å²) >= 11 is 6.18. The zero-order valence-corrected chi connectivity index (χ0v) is 30.6. The maximum Gasteiger partial charge on any atom is 0.318 e. The number of benzene rings is 2. The van der Waals surface area contributed by atoms with Gasteiger partial charge < -0.3 is 34.9 Å². The van der Waals surface area contributed by atoms with Crippen LogP contribution in [0.2, 0.25) is 5.02 Å². The largest absolute Gasteiger partial charge is 0.507 e. The van der Waals surface area contributed by atoms with Crippen molar-refractivity contribution in [3.63, 3.8) is 0 Å². The second kappa shape index (κ2) is 16.2. The highest BCUT2D eigenvalue weighted by atomic mass is 35.5. The summed E-state index contributed by atoms with van der Waals surface area (Å²) in [6.07, 6.45) is 7.33. The topological polar surface area (TPSA) is 147 Å². The third kappa shape index (κ3) is 8.16. The monoisotopic (exact) mass is 744 g/mol. The molecular weight excluding hydrogens is 700 g/mol. The number of urea groups is 1. The van der Waals surface area contributed by atoms with Crippen molar-refractivity contribution in [2.75, 3.05) is 51.4 Å². The summed E-state index contributed by atoms with van der Waals surface area (Å²) in [6, 6.07) is 9.90. The quantitative estimate of drug-likeness (QED) is 0.313. The first-order valence-corrected chi connectivity index (χ1v) is 18.7. The van der Waals surface area contributed by atoms with Crippen molar-refractivity contribution >= 4 is 35.1 Å². The highest BCUT2D eigenvalue weighted by molar-refractivity contribution is 6.31. The second-order valence-electron chi connectivity index (χ2n) is 14.1. The molecule has 2 atom stereocenters. The van der Waals surface area contributed by atoms with Gasteiger partial charge in [-0.3, -0.25) is 19.2 Å². The normalized spacial score (nSPS) is 20.8. The second-order valence-corrected chi connectivity index (χ2v) is 14.5. The molecule has 4 fully saturated rings. The predicted molar refractivity (Wildman–Crippen MR) is 197 cm³/mol. The molecule has 13 nitrogen and oxygen atoms in total. The Morgan fingerprint density at radius 2 is 1.70 bits per heavy atom. The number of aromatic nitrogens is 2. The molecule has 0 unspecified atom stereocenters. The standard InChI is InChI=1S/C39H45ClN6O7/c1-44-24-28(34(43-44)31-23-29(40)11-14-33(31)47)10-7-26-8-12-30(13-9-26)41-36(48)32-25-53-39(15-19-51-20-16-39)46(32)37(49)35(27-5-3-2-4-6-27)42-38(50)45-17-21-52-22-18-45/h8-9,11-14,23-24,27,32,35,47H,2-6,15-22,25H2,1H3,(H,41,48)(H,42,50)/t32-,35+/m0/s1. The average molecular weight is 745 g/mol. The lowest BCUT2D eigenvalue weighted by Crippen LogP contribution is -2.64. The van der Waals surface area contributed by atoms with Crippen LogP contribution in [0.15, 0.2) is 48.7 Å². The number of morpholine rings is 1. The van der Waals surface area contributed by atoms with Gasteiger partial charge in [0, 0.05) is 61.0 Å². The summed E-state index contributed by atoms with van der Waals surface area (Å²) in [5, 5.41) is 21.5.